The Bertz CT molecular complexity index is 559. The Morgan fingerprint density at radius 1 is 1.48 bits per heavy atom. The lowest BCUT2D eigenvalue weighted by Gasteiger charge is -2.13. The molecular formula is C12H14N2O7. The highest BCUT2D eigenvalue weighted by molar-refractivity contribution is 5.97. The van der Waals surface area contributed by atoms with Gasteiger partial charge in [0.1, 0.15) is 6.04 Å². The number of hydrogen-bond acceptors (Lipinski definition) is 6. The fourth-order valence-electron chi connectivity index (χ4n) is 1.60. The standard InChI is InChI=1S/C12H14N2O7/c1-21-10-6-7(2-3-9(10)14(19)20)11(16)13-8(4-5-15)12(17)18/h2-3,6,8,15H,4-5H2,1H3,(H,13,16)(H,17,18). The van der Waals surface area contributed by atoms with Crippen LogP contribution in [0.3, 0.4) is 0 Å². The number of aliphatic hydroxyl groups excluding tert-OH is 1. The molecule has 3 N–H and O–H groups in total. The van der Waals surface area contributed by atoms with Gasteiger partial charge in [0.25, 0.3) is 5.91 Å². The molecule has 0 aliphatic rings. The molecule has 1 unspecified atom stereocenters. The van der Waals surface area contributed by atoms with Crippen molar-refractivity contribution in [1.29, 1.82) is 0 Å². The lowest BCUT2D eigenvalue weighted by atomic mass is 10.1. The van der Waals surface area contributed by atoms with Crippen molar-refractivity contribution in [2.75, 3.05) is 13.7 Å². The second kappa shape index (κ2) is 7.20. The second-order valence-corrected chi connectivity index (χ2v) is 4.02. The monoisotopic (exact) mass is 298 g/mol. The number of ether oxygens (including phenoxy) is 1. The molecule has 0 aliphatic heterocycles. The van der Waals surface area contributed by atoms with E-state index >= 15 is 0 Å². The van der Waals surface area contributed by atoms with Crippen LogP contribution in [0.4, 0.5) is 5.69 Å². The van der Waals surface area contributed by atoms with Gasteiger partial charge in [-0.2, -0.15) is 0 Å². The Labute approximate surface area is 119 Å². The maximum Gasteiger partial charge on any atom is 0.326 e. The van der Waals surface area contributed by atoms with Gasteiger partial charge in [-0.1, -0.05) is 0 Å². The zero-order valence-corrected chi connectivity index (χ0v) is 11.1. The van der Waals surface area contributed by atoms with Gasteiger partial charge in [0.05, 0.1) is 12.0 Å². The highest BCUT2D eigenvalue weighted by Gasteiger charge is 2.22. The largest absolute Gasteiger partial charge is 0.490 e. The third-order valence-corrected chi connectivity index (χ3v) is 2.66. The molecule has 0 heterocycles. The van der Waals surface area contributed by atoms with Crippen molar-refractivity contribution in [1.82, 2.24) is 5.32 Å². The van der Waals surface area contributed by atoms with Crippen LogP contribution in [0.2, 0.25) is 0 Å². The first-order valence-corrected chi connectivity index (χ1v) is 5.87. The van der Waals surface area contributed by atoms with Crippen molar-refractivity contribution >= 4 is 17.6 Å². The van der Waals surface area contributed by atoms with Crippen molar-refractivity contribution in [3.8, 4) is 5.75 Å². The minimum Gasteiger partial charge on any atom is -0.490 e. The third kappa shape index (κ3) is 4.14. The molecule has 1 rings (SSSR count). The zero-order valence-electron chi connectivity index (χ0n) is 11.1. The first-order chi connectivity index (χ1) is 9.90. The first-order valence-electron chi connectivity index (χ1n) is 5.87. The van der Waals surface area contributed by atoms with Crippen LogP contribution in [-0.4, -0.2) is 46.8 Å². The Morgan fingerprint density at radius 3 is 2.62 bits per heavy atom. The van der Waals surface area contributed by atoms with Gasteiger partial charge in [-0.15, -0.1) is 0 Å². The quantitative estimate of drug-likeness (QED) is 0.481. The number of nitro benzene ring substituents is 1. The van der Waals surface area contributed by atoms with Crippen LogP contribution in [0.25, 0.3) is 0 Å². The van der Waals surface area contributed by atoms with E-state index in [1.54, 1.807) is 0 Å². The van der Waals surface area contributed by atoms with E-state index < -0.39 is 29.4 Å². The molecule has 1 amide bonds. The van der Waals surface area contributed by atoms with Gasteiger partial charge in [-0.05, 0) is 6.07 Å². The summed E-state index contributed by atoms with van der Waals surface area (Å²) in [5.74, 6) is -2.13. The molecule has 0 aromatic heterocycles. The number of nitrogens with one attached hydrogen (secondary N) is 1. The molecule has 0 spiro atoms. The first kappa shape index (κ1) is 16.4. The normalized spacial score (nSPS) is 11.5. The molecule has 0 bridgehead atoms. The van der Waals surface area contributed by atoms with E-state index in [1.807, 2.05) is 0 Å². The summed E-state index contributed by atoms with van der Waals surface area (Å²) < 4.78 is 4.82. The molecule has 1 aromatic rings. The van der Waals surface area contributed by atoms with E-state index in [9.17, 15) is 19.7 Å². The van der Waals surface area contributed by atoms with E-state index in [-0.39, 0.29) is 23.4 Å². The van der Waals surface area contributed by atoms with Gasteiger partial charge in [-0.3, -0.25) is 14.9 Å². The maximum absolute atomic E-state index is 11.9. The number of methoxy groups -OCH3 is 1. The van der Waals surface area contributed by atoms with Gasteiger partial charge in [0.15, 0.2) is 5.75 Å². The van der Waals surface area contributed by atoms with Crippen LogP contribution in [0, 0.1) is 10.1 Å². The number of aliphatic hydroxyl groups is 1. The maximum atomic E-state index is 11.9. The second-order valence-electron chi connectivity index (χ2n) is 4.02. The van der Waals surface area contributed by atoms with E-state index in [0.29, 0.717) is 0 Å². The Hall–Kier alpha value is -2.68. The number of rotatable bonds is 7. The van der Waals surface area contributed by atoms with Crippen LogP contribution < -0.4 is 10.1 Å². The van der Waals surface area contributed by atoms with Crippen LogP contribution in [0.1, 0.15) is 16.8 Å². The van der Waals surface area contributed by atoms with Gasteiger partial charge in [-0.25, -0.2) is 4.79 Å². The number of carboxylic acids is 1. The van der Waals surface area contributed by atoms with Crippen LogP contribution >= 0.6 is 0 Å². The summed E-state index contributed by atoms with van der Waals surface area (Å²) in [4.78, 5) is 32.9. The van der Waals surface area contributed by atoms with Crippen molar-refractivity contribution in [3.63, 3.8) is 0 Å². The van der Waals surface area contributed by atoms with E-state index in [2.05, 4.69) is 5.32 Å². The fraction of sp³-hybridized carbons (Fsp3) is 0.333. The smallest absolute Gasteiger partial charge is 0.326 e. The fourth-order valence-corrected chi connectivity index (χ4v) is 1.60. The molecule has 114 valence electrons. The molecule has 0 aliphatic carbocycles. The zero-order chi connectivity index (χ0) is 16.0. The topological polar surface area (TPSA) is 139 Å². The van der Waals surface area contributed by atoms with Crippen molar-refractivity contribution in [2.24, 2.45) is 0 Å². The summed E-state index contributed by atoms with van der Waals surface area (Å²) in [5.41, 5.74) is -0.291. The predicted molar refractivity (Wildman–Crippen MR) is 70.2 cm³/mol. The molecule has 0 saturated carbocycles. The van der Waals surface area contributed by atoms with E-state index in [0.717, 1.165) is 12.1 Å². The molecule has 0 radical (unpaired) electrons. The van der Waals surface area contributed by atoms with Crippen molar-refractivity contribution in [3.05, 3.63) is 33.9 Å². The average Bonchev–Trinajstić information content (AvgIpc) is 2.45. The van der Waals surface area contributed by atoms with Crippen molar-refractivity contribution < 1.29 is 29.5 Å². The minimum atomic E-state index is -1.29. The number of nitro groups is 1. The molecular weight excluding hydrogens is 284 g/mol. The van der Waals surface area contributed by atoms with Gasteiger partial charge in [0, 0.05) is 30.7 Å². The van der Waals surface area contributed by atoms with Gasteiger partial charge < -0.3 is 20.3 Å². The summed E-state index contributed by atoms with van der Waals surface area (Å²) in [6, 6.07) is 2.18. The minimum absolute atomic E-state index is 0.0154. The van der Waals surface area contributed by atoms with Crippen LogP contribution in [0.15, 0.2) is 18.2 Å². The predicted octanol–water partition coefficient (Wildman–Crippen LogP) is 0.169. The molecule has 9 heteroatoms. The number of carboxylic acid groups (broad SMARTS) is 1. The molecule has 0 saturated heterocycles. The number of hydrogen-bond donors (Lipinski definition) is 3. The number of benzene rings is 1. The lowest BCUT2D eigenvalue weighted by Crippen LogP contribution is -2.41. The molecule has 0 fully saturated rings. The Balaban J connectivity index is 2.97. The summed E-state index contributed by atoms with van der Waals surface area (Å²) in [5, 5.41) is 30.6. The summed E-state index contributed by atoms with van der Waals surface area (Å²) in [6.45, 7) is -0.402. The van der Waals surface area contributed by atoms with Crippen LogP contribution in [-0.2, 0) is 4.79 Å². The number of nitrogens with zero attached hydrogens (tertiary/aromatic N) is 1. The highest BCUT2D eigenvalue weighted by Crippen LogP contribution is 2.27. The molecule has 1 aromatic carbocycles. The number of carbonyl (C=O) groups excluding carboxylic acids is 1. The third-order valence-electron chi connectivity index (χ3n) is 2.66. The number of amides is 1. The number of aliphatic carboxylic acids is 1. The highest BCUT2D eigenvalue weighted by atomic mass is 16.6. The molecule has 9 nitrogen and oxygen atoms in total. The van der Waals surface area contributed by atoms with E-state index in [1.165, 1.54) is 13.2 Å². The Kier molecular flexibility index (Phi) is 5.61. The van der Waals surface area contributed by atoms with Gasteiger partial charge >= 0.3 is 11.7 Å². The van der Waals surface area contributed by atoms with Crippen LogP contribution in [0.5, 0.6) is 5.75 Å². The SMILES string of the molecule is COc1cc(C(=O)NC(CCO)C(=O)O)ccc1[N+](=O)[O-]. The Morgan fingerprint density at radius 2 is 2.14 bits per heavy atom. The molecule has 21 heavy (non-hydrogen) atoms. The average molecular weight is 298 g/mol. The van der Waals surface area contributed by atoms with Crippen molar-refractivity contribution in [2.45, 2.75) is 12.5 Å². The van der Waals surface area contributed by atoms with Gasteiger partial charge in [0.2, 0.25) is 0 Å². The molecule has 1 atom stereocenters. The number of carbonyl (C=O) groups is 2. The van der Waals surface area contributed by atoms with E-state index in [4.69, 9.17) is 14.9 Å². The summed E-state index contributed by atoms with van der Waals surface area (Å²) >= 11 is 0. The lowest BCUT2D eigenvalue weighted by molar-refractivity contribution is -0.385. The summed E-state index contributed by atoms with van der Waals surface area (Å²) in [7, 11) is 1.22. The summed E-state index contributed by atoms with van der Waals surface area (Å²) in [6.07, 6.45) is -0.148.